The van der Waals surface area contributed by atoms with Crippen LogP contribution in [0.4, 0.5) is 0 Å². The van der Waals surface area contributed by atoms with Crippen LogP contribution in [0.25, 0.3) is 0 Å². The summed E-state index contributed by atoms with van der Waals surface area (Å²) in [5.74, 6) is -0.290. The van der Waals surface area contributed by atoms with Gasteiger partial charge in [-0.15, -0.1) is 0 Å². The summed E-state index contributed by atoms with van der Waals surface area (Å²) in [5, 5.41) is 2.88. The Morgan fingerprint density at radius 3 is 2.55 bits per heavy atom. The minimum Gasteiger partial charge on any atom is -0.381 e. The molecule has 5 nitrogen and oxygen atoms in total. The molecule has 1 aromatic rings. The van der Waals surface area contributed by atoms with E-state index in [0.29, 0.717) is 24.3 Å². The monoisotopic (exact) mass is 317 g/mol. The lowest BCUT2D eigenvalue weighted by Gasteiger charge is -2.23. The third kappa shape index (κ3) is 3.94. The second-order valence-electron chi connectivity index (χ2n) is 4.83. The number of carbonyl (C=O) groups is 1. The molecule has 1 saturated heterocycles. The summed E-state index contributed by atoms with van der Waals surface area (Å²) in [4.78, 5) is 12.1. The van der Waals surface area contributed by atoms with Gasteiger partial charge in [-0.3, -0.25) is 4.79 Å². The molecule has 1 aliphatic heterocycles. The Balaban J connectivity index is 2.19. The van der Waals surface area contributed by atoms with Crippen LogP contribution in [0.3, 0.4) is 0 Å². The summed E-state index contributed by atoms with van der Waals surface area (Å²) in [5.41, 5.74) is 0.972. The molecule has 1 N–H and O–H groups in total. The minimum atomic E-state index is -3.84. The lowest BCUT2D eigenvalue weighted by atomic mass is 10.1. The van der Waals surface area contributed by atoms with Crippen LogP contribution in [-0.2, 0) is 13.8 Å². The summed E-state index contributed by atoms with van der Waals surface area (Å²) >= 11 is 0. The van der Waals surface area contributed by atoms with Crippen molar-refractivity contribution >= 4 is 25.6 Å². The van der Waals surface area contributed by atoms with Crippen LogP contribution in [0, 0.1) is 6.92 Å². The van der Waals surface area contributed by atoms with E-state index in [1.54, 1.807) is 13.0 Å². The minimum absolute atomic E-state index is 0.0590. The van der Waals surface area contributed by atoms with E-state index in [0.717, 1.165) is 12.8 Å². The molecular weight excluding hydrogens is 302 g/mol. The van der Waals surface area contributed by atoms with Crippen molar-refractivity contribution in [3.63, 3.8) is 0 Å². The van der Waals surface area contributed by atoms with Gasteiger partial charge in [-0.2, -0.15) is 0 Å². The van der Waals surface area contributed by atoms with Crippen LogP contribution in [0.15, 0.2) is 23.1 Å². The zero-order valence-corrected chi connectivity index (χ0v) is 12.6. The molecule has 0 spiro atoms. The average Bonchev–Trinajstić information content (AvgIpc) is 2.38. The second kappa shape index (κ2) is 6.11. The third-order valence-corrected chi connectivity index (χ3v) is 4.48. The van der Waals surface area contributed by atoms with Crippen molar-refractivity contribution in [1.82, 2.24) is 5.32 Å². The van der Waals surface area contributed by atoms with Gasteiger partial charge in [-0.05, 0) is 43.5 Å². The zero-order valence-electron chi connectivity index (χ0n) is 11.1. The molecule has 20 heavy (non-hydrogen) atoms. The van der Waals surface area contributed by atoms with Crippen LogP contribution in [0.1, 0.15) is 28.8 Å². The van der Waals surface area contributed by atoms with E-state index < -0.39 is 9.05 Å². The summed E-state index contributed by atoms with van der Waals surface area (Å²) in [7, 11) is 1.48. The van der Waals surface area contributed by atoms with Crippen LogP contribution in [-0.4, -0.2) is 33.6 Å². The first-order chi connectivity index (χ1) is 9.36. The molecule has 1 fully saturated rings. The lowest BCUT2D eigenvalue weighted by molar-refractivity contribution is 0.0696. The quantitative estimate of drug-likeness (QED) is 0.863. The number of nitrogens with one attached hydrogen (secondary N) is 1. The number of ether oxygens (including phenoxy) is 1. The molecule has 1 aromatic carbocycles. The van der Waals surface area contributed by atoms with Gasteiger partial charge in [0, 0.05) is 35.5 Å². The molecule has 1 aliphatic rings. The number of carbonyl (C=O) groups excluding carboxylic acids is 1. The van der Waals surface area contributed by atoms with Gasteiger partial charge in [0.1, 0.15) is 0 Å². The van der Waals surface area contributed by atoms with Crippen molar-refractivity contribution < 1.29 is 17.9 Å². The highest BCUT2D eigenvalue weighted by molar-refractivity contribution is 8.13. The predicted octanol–water partition coefficient (Wildman–Crippen LogP) is 1.83. The molecule has 2 rings (SSSR count). The summed E-state index contributed by atoms with van der Waals surface area (Å²) < 4.78 is 28.0. The first-order valence-electron chi connectivity index (χ1n) is 6.31. The molecule has 0 unspecified atom stereocenters. The zero-order chi connectivity index (χ0) is 14.8. The molecule has 110 valence electrons. The Morgan fingerprint density at radius 2 is 1.95 bits per heavy atom. The van der Waals surface area contributed by atoms with Crippen molar-refractivity contribution in [2.24, 2.45) is 0 Å². The maximum absolute atomic E-state index is 12.2. The number of rotatable bonds is 3. The highest BCUT2D eigenvalue weighted by Crippen LogP contribution is 2.19. The Kier molecular flexibility index (Phi) is 4.67. The van der Waals surface area contributed by atoms with Crippen LogP contribution < -0.4 is 5.32 Å². The maximum Gasteiger partial charge on any atom is 0.261 e. The Labute approximate surface area is 122 Å². The van der Waals surface area contributed by atoms with Crippen molar-refractivity contribution in [1.29, 1.82) is 0 Å². The highest BCUT2D eigenvalue weighted by Gasteiger charge is 2.19. The van der Waals surface area contributed by atoms with E-state index in [1.807, 2.05) is 0 Å². The van der Waals surface area contributed by atoms with Crippen molar-refractivity contribution in [2.75, 3.05) is 13.2 Å². The molecule has 7 heteroatoms. The van der Waals surface area contributed by atoms with Crippen molar-refractivity contribution in [2.45, 2.75) is 30.7 Å². The van der Waals surface area contributed by atoms with E-state index >= 15 is 0 Å². The molecule has 0 aromatic heterocycles. The Morgan fingerprint density at radius 1 is 1.30 bits per heavy atom. The lowest BCUT2D eigenvalue weighted by Crippen LogP contribution is -2.38. The number of benzene rings is 1. The summed E-state index contributed by atoms with van der Waals surface area (Å²) in [6, 6.07) is 4.44. The van der Waals surface area contributed by atoms with Gasteiger partial charge in [0.05, 0.1) is 4.90 Å². The molecule has 0 saturated carbocycles. The van der Waals surface area contributed by atoms with Gasteiger partial charge in [0.15, 0.2) is 0 Å². The first-order valence-corrected chi connectivity index (χ1v) is 8.62. The first kappa shape index (κ1) is 15.3. The molecule has 1 amide bonds. The van der Waals surface area contributed by atoms with Crippen molar-refractivity contribution in [3.8, 4) is 0 Å². The van der Waals surface area contributed by atoms with E-state index in [1.165, 1.54) is 12.1 Å². The van der Waals surface area contributed by atoms with Gasteiger partial charge >= 0.3 is 0 Å². The maximum atomic E-state index is 12.2. The van der Waals surface area contributed by atoms with E-state index in [9.17, 15) is 13.2 Å². The van der Waals surface area contributed by atoms with Crippen LogP contribution in [0.5, 0.6) is 0 Å². The molecule has 1 heterocycles. The van der Waals surface area contributed by atoms with E-state index in [4.69, 9.17) is 15.4 Å². The second-order valence-corrected chi connectivity index (χ2v) is 7.40. The van der Waals surface area contributed by atoms with E-state index in [2.05, 4.69) is 5.32 Å². The molecule has 0 aliphatic carbocycles. The number of hydrogen-bond acceptors (Lipinski definition) is 4. The summed E-state index contributed by atoms with van der Waals surface area (Å²) in [6.45, 7) is 2.97. The third-order valence-electron chi connectivity index (χ3n) is 3.15. The highest BCUT2D eigenvalue weighted by atomic mass is 35.7. The fourth-order valence-corrected chi connectivity index (χ4v) is 2.99. The van der Waals surface area contributed by atoms with Crippen LogP contribution >= 0.6 is 10.7 Å². The average molecular weight is 318 g/mol. The van der Waals surface area contributed by atoms with Crippen LogP contribution in [0.2, 0.25) is 0 Å². The number of aryl methyl sites for hydroxylation is 1. The van der Waals surface area contributed by atoms with Gasteiger partial charge < -0.3 is 10.1 Å². The van der Waals surface area contributed by atoms with Gasteiger partial charge in [0.25, 0.3) is 15.0 Å². The van der Waals surface area contributed by atoms with Gasteiger partial charge in [-0.25, -0.2) is 8.42 Å². The number of halogens is 1. The predicted molar refractivity (Wildman–Crippen MR) is 75.5 cm³/mol. The molecule has 0 atom stereocenters. The standard InChI is InChI=1S/C13H16ClNO4S/c1-9-6-10(8-12(7-9)20(14,17)18)13(16)15-11-2-4-19-5-3-11/h6-8,11H,2-5H2,1H3,(H,15,16). The van der Waals surface area contributed by atoms with Gasteiger partial charge in [-0.1, -0.05) is 0 Å². The molecule has 0 bridgehead atoms. The SMILES string of the molecule is Cc1cc(C(=O)NC2CCOCC2)cc(S(=O)(=O)Cl)c1. The number of amides is 1. The van der Waals surface area contributed by atoms with Crippen molar-refractivity contribution in [3.05, 3.63) is 29.3 Å². The normalized spacial score (nSPS) is 16.9. The fourth-order valence-electron chi connectivity index (χ4n) is 2.13. The van der Waals surface area contributed by atoms with E-state index in [-0.39, 0.29) is 16.8 Å². The fraction of sp³-hybridized carbons (Fsp3) is 0.462. The number of hydrogen-bond donors (Lipinski definition) is 1. The smallest absolute Gasteiger partial charge is 0.261 e. The Bertz CT molecular complexity index is 609. The molecule has 0 radical (unpaired) electrons. The largest absolute Gasteiger partial charge is 0.381 e. The summed E-state index contributed by atoms with van der Waals surface area (Å²) in [6.07, 6.45) is 1.52. The molecular formula is C13H16ClNO4S. The van der Waals surface area contributed by atoms with Gasteiger partial charge in [0.2, 0.25) is 0 Å². The Hall–Kier alpha value is -1.11. The topological polar surface area (TPSA) is 72.5 Å².